The molecule has 2 aromatic rings. The van der Waals surface area contributed by atoms with Crippen molar-refractivity contribution in [2.75, 3.05) is 26.4 Å². The van der Waals surface area contributed by atoms with Crippen LogP contribution >= 0.6 is 0 Å². The normalized spacial score (nSPS) is 10.1. The van der Waals surface area contributed by atoms with Gasteiger partial charge in [-0.25, -0.2) is 19.2 Å². The summed E-state index contributed by atoms with van der Waals surface area (Å²) in [4.78, 5) is 46.8. The van der Waals surface area contributed by atoms with E-state index < -0.39 is 23.9 Å². The summed E-state index contributed by atoms with van der Waals surface area (Å²) in [5, 5.41) is 0. The number of esters is 4. The van der Waals surface area contributed by atoms with E-state index >= 15 is 0 Å². The number of carbonyl (C=O) groups excluding carboxylic acids is 4. The maximum absolute atomic E-state index is 12.1. The van der Waals surface area contributed by atoms with Gasteiger partial charge in [-0.1, -0.05) is 13.2 Å². The van der Waals surface area contributed by atoms with Crippen LogP contribution in [0.15, 0.2) is 72.8 Å². The Kier molecular flexibility index (Phi) is 11.6. The molecular weight excluding hydrogens is 480 g/mol. The SMILES string of the molecule is C=C(C)C(=O)OCCCOC(=O)c1ccc(Oc2ccc(C(=O)OCCCOC(=O)C(=C)C)cc2)cc1. The Labute approximate surface area is 215 Å². The highest BCUT2D eigenvalue weighted by molar-refractivity contribution is 5.90. The molecule has 0 aliphatic carbocycles. The number of carbonyl (C=O) groups is 4. The second kappa shape index (κ2) is 14.9. The average molecular weight is 511 g/mol. The molecule has 37 heavy (non-hydrogen) atoms. The topological polar surface area (TPSA) is 114 Å². The molecule has 0 aromatic heterocycles. The molecule has 0 atom stereocenters. The van der Waals surface area contributed by atoms with Crippen LogP contribution in [0.2, 0.25) is 0 Å². The van der Waals surface area contributed by atoms with Crippen molar-refractivity contribution >= 4 is 23.9 Å². The van der Waals surface area contributed by atoms with Crippen LogP contribution in [-0.2, 0) is 28.5 Å². The number of ether oxygens (including phenoxy) is 5. The number of hydrogen-bond acceptors (Lipinski definition) is 9. The van der Waals surface area contributed by atoms with Crippen molar-refractivity contribution in [2.24, 2.45) is 0 Å². The van der Waals surface area contributed by atoms with Crippen molar-refractivity contribution < 1.29 is 42.9 Å². The smallest absolute Gasteiger partial charge is 0.338 e. The van der Waals surface area contributed by atoms with Gasteiger partial charge >= 0.3 is 23.9 Å². The molecule has 0 spiro atoms. The molecule has 9 heteroatoms. The molecule has 2 aromatic carbocycles. The summed E-state index contributed by atoms with van der Waals surface area (Å²) in [6.07, 6.45) is 0.751. The summed E-state index contributed by atoms with van der Waals surface area (Å²) in [6, 6.07) is 12.7. The third-order valence-corrected chi connectivity index (χ3v) is 4.62. The van der Waals surface area contributed by atoms with E-state index in [4.69, 9.17) is 23.7 Å². The molecule has 9 nitrogen and oxygen atoms in total. The monoisotopic (exact) mass is 510 g/mol. The molecule has 0 aliphatic heterocycles. The molecular formula is C28H30O9. The molecule has 0 unspecified atom stereocenters. The lowest BCUT2D eigenvalue weighted by molar-refractivity contribution is -0.140. The second-order valence-corrected chi connectivity index (χ2v) is 7.96. The molecule has 0 fully saturated rings. The minimum absolute atomic E-state index is 0.109. The molecule has 0 saturated carbocycles. The highest BCUT2D eigenvalue weighted by atomic mass is 16.6. The molecule has 0 radical (unpaired) electrons. The molecule has 196 valence electrons. The van der Waals surface area contributed by atoms with Gasteiger partial charge in [0, 0.05) is 24.0 Å². The molecule has 0 heterocycles. The van der Waals surface area contributed by atoms with E-state index in [1.807, 2.05) is 0 Å². The first-order valence-electron chi connectivity index (χ1n) is 11.5. The minimum Gasteiger partial charge on any atom is -0.462 e. The Morgan fingerprint density at radius 1 is 0.568 bits per heavy atom. The van der Waals surface area contributed by atoms with Crippen LogP contribution in [0.25, 0.3) is 0 Å². The number of rotatable bonds is 14. The largest absolute Gasteiger partial charge is 0.462 e. The first kappa shape index (κ1) is 28.8. The van der Waals surface area contributed by atoms with E-state index in [1.165, 1.54) is 0 Å². The Bertz CT molecular complexity index is 1030. The van der Waals surface area contributed by atoms with E-state index in [2.05, 4.69) is 13.2 Å². The molecule has 0 amide bonds. The Morgan fingerprint density at radius 2 is 0.892 bits per heavy atom. The van der Waals surface area contributed by atoms with Crippen LogP contribution in [0.4, 0.5) is 0 Å². The summed E-state index contributed by atoms with van der Waals surface area (Å²) in [5.74, 6) is -0.991. The minimum atomic E-state index is -0.505. The highest BCUT2D eigenvalue weighted by Gasteiger charge is 2.10. The van der Waals surface area contributed by atoms with Gasteiger partial charge in [0.2, 0.25) is 0 Å². The van der Waals surface area contributed by atoms with E-state index in [9.17, 15) is 19.2 Å². The number of hydrogen-bond donors (Lipinski definition) is 0. The van der Waals surface area contributed by atoms with Crippen molar-refractivity contribution in [1.82, 2.24) is 0 Å². The summed E-state index contributed by atoms with van der Waals surface area (Å²) in [6.45, 7) is 10.6. The fraction of sp³-hybridized carbons (Fsp3) is 0.286. The van der Waals surface area contributed by atoms with Gasteiger partial charge in [0.25, 0.3) is 0 Å². The van der Waals surface area contributed by atoms with Gasteiger partial charge in [0.05, 0.1) is 37.6 Å². The fourth-order valence-electron chi connectivity index (χ4n) is 2.64. The first-order chi connectivity index (χ1) is 17.7. The zero-order chi connectivity index (χ0) is 27.2. The number of benzene rings is 2. The summed E-state index contributed by atoms with van der Waals surface area (Å²) < 4.78 is 25.9. The van der Waals surface area contributed by atoms with Crippen LogP contribution in [0.1, 0.15) is 47.4 Å². The lowest BCUT2D eigenvalue weighted by Gasteiger charge is -2.09. The summed E-state index contributed by atoms with van der Waals surface area (Å²) in [7, 11) is 0. The van der Waals surface area contributed by atoms with Crippen molar-refractivity contribution in [3.05, 3.63) is 84.0 Å². The van der Waals surface area contributed by atoms with Crippen LogP contribution in [-0.4, -0.2) is 50.3 Å². The van der Waals surface area contributed by atoms with E-state index in [0.717, 1.165) is 0 Å². The molecule has 2 rings (SSSR count). The van der Waals surface area contributed by atoms with Gasteiger partial charge in [-0.3, -0.25) is 0 Å². The molecule has 0 bridgehead atoms. The Hall–Kier alpha value is -4.40. The van der Waals surface area contributed by atoms with Crippen molar-refractivity contribution in [3.63, 3.8) is 0 Å². The zero-order valence-corrected chi connectivity index (χ0v) is 20.9. The molecule has 0 saturated heterocycles. The van der Waals surface area contributed by atoms with E-state index in [1.54, 1.807) is 62.4 Å². The fourth-order valence-corrected chi connectivity index (χ4v) is 2.64. The van der Waals surface area contributed by atoms with E-state index in [0.29, 0.717) is 46.6 Å². The predicted molar refractivity (Wildman–Crippen MR) is 134 cm³/mol. The second-order valence-electron chi connectivity index (χ2n) is 7.96. The van der Waals surface area contributed by atoms with Crippen molar-refractivity contribution in [2.45, 2.75) is 26.7 Å². The van der Waals surface area contributed by atoms with Gasteiger partial charge in [-0.2, -0.15) is 0 Å². The van der Waals surface area contributed by atoms with Gasteiger partial charge in [-0.15, -0.1) is 0 Å². The Morgan fingerprint density at radius 3 is 1.22 bits per heavy atom. The lowest BCUT2D eigenvalue weighted by Crippen LogP contribution is -2.11. The van der Waals surface area contributed by atoms with Crippen LogP contribution in [0, 0.1) is 0 Å². The van der Waals surface area contributed by atoms with E-state index in [-0.39, 0.29) is 26.4 Å². The zero-order valence-electron chi connectivity index (χ0n) is 20.9. The van der Waals surface area contributed by atoms with Gasteiger partial charge in [0.1, 0.15) is 11.5 Å². The maximum atomic E-state index is 12.1. The molecule has 0 aliphatic rings. The third kappa shape index (κ3) is 10.4. The standard InChI is InChI=1S/C28H30O9/c1-19(2)25(29)33-15-5-17-35-27(31)21-7-11-23(12-8-21)37-24-13-9-22(10-14-24)28(32)36-18-6-16-34-26(30)20(3)4/h7-14H,1,3,5-6,15-18H2,2,4H3. The highest BCUT2D eigenvalue weighted by Crippen LogP contribution is 2.22. The lowest BCUT2D eigenvalue weighted by atomic mass is 10.2. The summed E-state index contributed by atoms with van der Waals surface area (Å²) >= 11 is 0. The van der Waals surface area contributed by atoms with Gasteiger partial charge in [0.15, 0.2) is 0 Å². The van der Waals surface area contributed by atoms with Gasteiger partial charge in [-0.05, 0) is 62.4 Å². The predicted octanol–water partition coefficient (Wildman–Crippen LogP) is 4.81. The van der Waals surface area contributed by atoms with Crippen molar-refractivity contribution in [1.29, 1.82) is 0 Å². The van der Waals surface area contributed by atoms with Crippen LogP contribution < -0.4 is 4.74 Å². The molecule has 0 N–H and O–H groups in total. The quantitative estimate of drug-likeness (QED) is 0.153. The Balaban J connectivity index is 1.73. The van der Waals surface area contributed by atoms with Crippen molar-refractivity contribution in [3.8, 4) is 11.5 Å². The first-order valence-corrected chi connectivity index (χ1v) is 11.5. The van der Waals surface area contributed by atoms with Crippen LogP contribution in [0.5, 0.6) is 11.5 Å². The average Bonchev–Trinajstić information content (AvgIpc) is 2.88. The maximum Gasteiger partial charge on any atom is 0.338 e. The summed E-state index contributed by atoms with van der Waals surface area (Å²) in [5.41, 5.74) is 1.31. The third-order valence-electron chi connectivity index (χ3n) is 4.62. The van der Waals surface area contributed by atoms with Gasteiger partial charge < -0.3 is 23.7 Å². The van der Waals surface area contributed by atoms with Crippen LogP contribution in [0.3, 0.4) is 0 Å².